The predicted octanol–water partition coefficient (Wildman–Crippen LogP) is 2.75. The third-order valence-electron chi connectivity index (χ3n) is 3.07. The number of nitrogens with one attached hydrogen (secondary N) is 1. The van der Waals surface area contributed by atoms with E-state index in [-0.39, 0.29) is 11.9 Å². The number of amides is 1. The van der Waals surface area contributed by atoms with Crippen LogP contribution in [-0.2, 0) is 4.79 Å². The van der Waals surface area contributed by atoms with Crippen molar-refractivity contribution < 1.29 is 4.79 Å². The summed E-state index contributed by atoms with van der Waals surface area (Å²) in [6, 6.07) is -0.00148. The lowest BCUT2D eigenvalue weighted by molar-refractivity contribution is -0.122. The molecule has 1 unspecified atom stereocenters. The molecule has 0 bridgehead atoms. The van der Waals surface area contributed by atoms with Crippen molar-refractivity contribution in [1.82, 2.24) is 15.2 Å². The first-order chi connectivity index (χ1) is 9.02. The summed E-state index contributed by atoms with van der Waals surface area (Å²) in [5.74, 6) is 0.0986. The molecule has 0 aliphatic rings. The lowest BCUT2D eigenvalue weighted by Crippen LogP contribution is -2.31. The van der Waals surface area contributed by atoms with Crippen LogP contribution >= 0.6 is 11.3 Å². The Balaban J connectivity index is 2.27. The van der Waals surface area contributed by atoms with E-state index in [0.29, 0.717) is 6.42 Å². The number of carbonyl (C=O) groups is 1. The topological polar surface area (TPSA) is 45.2 Å². The van der Waals surface area contributed by atoms with Crippen LogP contribution in [0.5, 0.6) is 0 Å². The molecule has 1 heterocycles. The van der Waals surface area contributed by atoms with Crippen LogP contribution in [0.3, 0.4) is 0 Å². The summed E-state index contributed by atoms with van der Waals surface area (Å²) in [7, 11) is 2.07. The molecule has 1 amide bonds. The van der Waals surface area contributed by atoms with Crippen LogP contribution in [-0.4, -0.2) is 35.9 Å². The van der Waals surface area contributed by atoms with Gasteiger partial charge in [-0.2, -0.15) is 0 Å². The van der Waals surface area contributed by atoms with Crippen molar-refractivity contribution in [2.45, 2.75) is 46.1 Å². The maximum Gasteiger partial charge on any atom is 0.221 e. The molecule has 0 spiro atoms. The fourth-order valence-electron chi connectivity index (χ4n) is 1.80. The van der Waals surface area contributed by atoms with Crippen LogP contribution in [0.15, 0.2) is 5.38 Å². The number of aryl methyl sites for hydroxylation is 1. The molecule has 4 nitrogen and oxygen atoms in total. The van der Waals surface area contributed by atoms with E-state index in [4.69, 9.17) is 0 Å². The molecule has 1 atom stereocenters. The molecule has 1 rings (SSSR count). The number of nitrogens with zero attached hydrogens (tertiary/aromatic N) is 2. The largest absolute Gasteiger partial charge is 0.348 e. The summed E-state index contributed by atoms with van der Waals surface area (Å²) in [6.07, 6.45) is 2.93. The van der Waals surface area contributed by atoms with E-state index in [9.17, 15) is 4.79 Å². The molecular weight excluding hydrogens is 258 g/mol. The molecule has 0 fully saturated rings. The van der Waals surface area contributed by atoms with Crippen LogP contribution < -0.4 is 5.32 Å². The highest BCUT2D eigenvalue weighted by Gasteiger charge is 2.12. The van der Waals surface area contributed by atoms with Gasteiger partial charge in [0.2, 0.25) is 5.91 Å². The number of rotatable bonds is 8. The van der Waals surface area contributed by atoms with Crippen molar-refractivity contribution in [3.05, 3.63) is 16.1 Å². The zero-order valence-electron chi connectivity index (χ0n) is 12.4. The van der Waals surface area contributed by atoms with Gasteiger partial charge in [-0.3, -0.25) is 4.79 Å². The minimum Gasteiger partial charge on any atom is -0.348 e. The quantitative estimate of drug-likeness (QED) is 0.798. The lowest BCUT2D eigenvalue weighted by atomic mass is 10.2. The van der Waals surface area contributed by atoms with Gasteiger partial charge in [0.1, 0.15) is 0 Å². The molecule has 1 aromatic rings. The fraction of sp³-hybridized carbons (Fsp3) is 0.714. The maximum atomic E-state index is 11.8. The van der Waals surface area contributed by atoms with E-state index in [1.807, 2.05) is 19.2 Å². The van der Waals surface area contributed by atoms with Gasteiger partial charge in [-0.25, -0.2) is 4.98 Å². The van der Waals surface area contributed by atoms with Crippen molar-refractivity contribution in [3.8, 4) is 0 Å². The summed E-state index contributed by atoms with van der Waals surface area (Å²) < 4.78 is 0. The van der Waals surface area contributed by atoms with E-state index in [0.717, 1.165) is 23.8 Å². The summed E-state index contributed by atoms with van der Waals surface area (Å²) in [4.78, 5) is 18.5. The van der Waals surface area contributed by atoms with E-state index in [1.54, 1.807) is 11.3 Å². The van der Waals surface area contributed by atoms with Crippen LogP contribution in [0.1, 0.15) is 49.9 Å². The molecule has 1 aromatic heterocycles. The van der Waals surface area contributed by atoms with Crippen LogP contribution in [0, 0.1) is 6.92 Å². The van der Waals surface area contributed by atoms with Crippen molar-refractivity contribution in [1.29, 1.82) is 0 Å². The average molecular weight is 283 g/mol. The summed E-state index contributed by atoms with van der Waals surface area (Å²) in [5, 5.41) is 6.04. The molecule has 1 N–H and O–H groups in total. The van der Waals surface area contributed by atoms with Crippen LogP contribution in [0.4, 0.5) is 0 Å². The van der Waals surface area contributed by atoms with E-state index >= 15 is 0 Å². The Hall–Kier alpha value is -0.940. The van der Waals surface area contributed by atoms with Crippen molar-refractivity contribution in [2.24, 2.45) is 0 Å². The monoisotopic (exact) mass is 283 g/mol. The SMILES string of the molecule is CCCCN(C)CCC(=O)NC(C)c1csc(C)n1. The van der Waals surface area contributed by atoms with Crippen LogP contribution in [0.2, 0.25) is 0 Å². The van der Waals surface area contributed by atoms with Gasteiger partial charge in [0.05, 0.1) is 16.7 Å². The molecule has 19 heavy (non-hydrogen) atoms. The first-order valence-electron chi connectivity index (χ1n) is 6.92. The van der Waals surface area contributed by atoms with Gasteiger partial charge in [0, 0.05) is 18.3 Å². The number of carbonyl (C=O) groups excluding carboxylic acids is 1. The smallest absolute Gasteiger partial charge is 0.221 e. The highest BCUT2D eigenvalue weighted by molar-refractivity contribution is 7.09. The Labute approximate surface area is 120 Å². The molecule has 0 radical (unpaired) electrons. The zero-order valence-corrected chi connectivity index (χ0v) is 13.2. The molecule has 108 valence electrons. The van der Waals surface area contributed by atoms with Crippen molar-refractivity contribution in [3.63, 3.8) is 0 Å². The molecule has 0 saturated heterocycles. The van der Waals surface area contributed by atoms with Gasteiger partial charge in [-0.05, 0) is 33.9 Å². The lowest BCUT2D eigenvalue weighted by Gasteiger charge is -2.17. The maximum absolute atomic E-state index is 11.8. The molecule has 0 saturated carbocycles. The van der Waals surface area contributed by atoms with Gasteiger partial charge >= 0.3 is 0 Å². The van der Waals surface area contributed by atoms with Gasteiger partial charge in [-0.1, -0.05) is 13.3 Å². The highest BCUT2D eigenvalue weighted by Crippen LogP contribution is 2.15. The highest BCUT2D eigenvalue weighted by atomic mass is 32.1. The molecule has 0 aromatic carbocycles. The van der Waals surface area contributed by atoms with Crippen molar-refractivity contribution in [2.75, 3.05) is 20.1 Å². The van der Waals surface area contributed by atoms with Gasteiger partial charge < -0.3 is 10.2 Å². The first-order valence-corrected chi connectivity index (χ1v) is 7.80. The molecule has 0 aliphatic heterocycles. The number of hydrogen-bond acceptors (Lipinski definition) is 4. The Bertz CT molecular complexity index is 392. The Morgan fingerprint density at radius 2 is 2.26 bits per heavy atom. The second-order valence-corrected chi connectivity index (χ2v) is 6.05. The molecular formula is C14H25N3OS. The van der Waals surface area contributed by atoms with Crippen LogP contribution in [0.25, 0.3) is 0 Å². The van der Waals surface area contributed by atoms with E-state index < -0.39 is 0 Å². The zero-order chi connectivity index (χ0) is 14.3. The number of hydrogen-bond donors (Lipinski definition) is 1. The third kappa shape index (κ3) is 6.16. The standard InChI is InChI=1S/C14H25N3OS/c1-5-6-8-17(4)9-7-14(18)15-11(2)13-10-19-12(3)16-13/h10-11H,5-9H2,1-4H3,(H,15,18). The summed E-state index contributed by atoms with van der Waals surface area (Å²) in [6.45, 7) is 8.01. The second-order valence-electron chi connectivity index (χ2n) is 4.99. The Morgan fingerprint density at radius 3 is 2.84 bits per heavy atom. The predicted molar refractivity (Wildman–Crippen MR) is 80.4 cm³/mol. The normalized spacial score (nSPS) is 12.7. The third-order valence-corrected chi connectivity index (χ3v) is 3.86. The van der Waals surface area contributed by atoms with Gasteiger partial charge in [0.15, 0.2) is 0 Å². The van der Waals surface area contributed by atoms with Crippen molar-refractivity contribution >= 4 is 17.2 Å². The molecule has 0 aliphatic carbocycles. The van der Waals surface area contributed by atoms with E-state index in [2.05, 4.69) is 29.2 Å². The van der Waals surface area contributed by atoms with Gasteiger partial charge in [0.25, 0.3) is 0 Å². The second kappa shape index (κ2) is 8.27. The fourth-order valence-corrected chi connectivity index (χ4v) is 2.51. The average Bonchev–Trinajstić information content (AvgIpc) is 2.80. The Kier molecular flexibility index (Phi) is 7.02. The molecule has 5 heteroatoms. The minimum absolute atomic E-state index is 0.00148. The number of aromatic nitrogens is 1. The number of thiazole rings is 1. The van der Waals surface area contributed by atoms with Gasteiger partial charge in [-0.15, -0.1) is 11.3 Å². The first kappa shape index (κ1) is 16.1. The minimum atomic E-state index is -0.00148. The summed E-state index contributed by atoms with van der Waals surface area (Å²) >= 11 is 1.62. The number of unbranched alkanes of at least 4 members (excludes halogenated alkanes) is 1. The van der Waals surface area contributed by atoms with E-state index in [1.165, 1.54) is 12.8 Å². The summed E-state index contributed by atoms with van der Waals surface area (Å²) in [5.41, 5.74) is 0.954. The Morgan fingerprint density at radius 1 is 1.53 bits per heavy atom.